The summed E-state index contributed by atoms with van der Waals surface area (Å²) in [5.41, 5.74) is -1.77. The van der Waals surface area contributed by atoms with Gasteiger partial charge in [-0.15, -0.1) is 0 Å². The van der Waals surface area contributed by atoms with Gasteiger partial charge in [0.15, 0.2) is 5.72 Å². The first-order chi connectivity index (χ1) is 12.6. The van der Waals surface area contributed by atoms with Crippen LogP contribution in [0, 0.1) is 5.92 Å². The van der Waals surface area contributed by atoms with Crippen molar-refractivity contribution in [2.75, 3.05) is 13.2 Å². The molecular formula is C18H20F3N3O3. The fraction of sp³-hybridized carbons (Fsp3) is 0.611. The molecule has 4 rings (SSSR count). The standard InChI is InChI=1S/C18H20F3N3O3/c1-10(2)12-9-27-17-5-6-23(14(17)7-15(25)24(12)17)16(26)11-3-4-13(22-8-11)18(19,20)21/h3-4,8,10,12,14H,5-7,9H2,1-2H3/t12-,14+,17-/m0/s1. The first-order valence-corrected chi connectivity index (χ1v) is 8.95. The lowest BCUT2D eigenvalue weighted by Crippen LogP contribution is -2.51. The smallest absolute Gasteiger partial charge is 0.351 e. The average Bonchev–Trinajstić information content (AvgIpc) is 3.23. The van der Waals surface area contributed by atoms with Gasteiger partial charge in [-0.3, -0.25) is 14.6 Å². The molecule has 0 radical (unpaired) electrons. The summed E-state index contributed by atoms with van der Waals surface area (Å²) in [5.74, 6) is -0.237. The molecule has 27 heavy (non-hydrogen) atoms. The van der Waals surface area contributed by atoms with Crippen LogP contribution in [0.5, 0.6) is 0 Å². The number of rotatable bonds is 2. The molecule has 0 saturated carbocycles. The fourth-order valence-electron chi connectivity index (χ4n) is 4.47. The lowest BCUT2D eigenvalue weighted by Gasteiger charge is -2.34. The molecule has 0 N–H and O–H groups in total. The van der Waals surface area contributed by atoms with Crippen molar-refractivity contribution in [1.82, 2.24) is 14.8 Å². The highest BCUT2D eigenvalue weighted by atomic mass is 19.4. The molecule has 9 heteroatoms. The Balaban J connectivity index is 1.58. The summed E-state index contributed by atoms with van der Waals surface area (Å²) >= 11 is 0. The van der Waals surface area contributed by atoms with Gasteiger partial charge >= 0.3 is 6.18 Å². The molecule has 4 heterocycles. The molecule has 0 unspecified atom stereocenters. The van der Waals surface area contributed by atoms with Crippen LogP contribution in [0.2, 0.25) is 0 Å². The first-order valence-electron chi connectivity index (χ1n) is 8.95. The van der Waals surface area contributed by atoms with Crippen LogP contribution in [-0.2, 0) is 15.7 Å². The predicted octanol–water partition coefficient (Wildman–Crippen LogP) is 2.30. The van der Waals surface area contributed by atoms with E-state index in [4.69, 9.17) is 4.74 Å². The lowest BCUT2D eigenvalue weighted by atomic mass is 10.0. The number of pyridine rings is 1. The van der Waals surface area contributed by atoms with E-state index in [0.717, 1.165) is 18.3 Å². The number of carbonyl (C=O) groups excluding carboxylic acids is 2. The van der Waals surface area contributed by atoms with Gasteiger partial charge in [0, 0.05) is 19.2 Å². The van der Waals surface area contributed by atoms with Gasteiger partial charge in [0.1, 0.15) is 5.69 Å². The molecule has 1 aromatic heterocycles. The summed E-state index contributed by atoms with van der Waals surface area (Å²) in [6.45, 7) is 4.88. The molecule has 3 aliphatic heterocycles. The maximum Gasteiger partial charge on any atom is 0.433 e. The monoisotopic (exact) mass is 383 g/mol. The van der Waals surface area contributed by atoms with Crippen LogP contribution in [0.15, 0.2) is 18.3 Å². The van der Waals surface area contributed by atoms with Gasteiger partial charge in [0.05, 0.1) is 30.7 Å². The minimum absolute atomic E-state index is 0.0229. The largest absolute Gasteiger partial charge is 0.433 e. The number of amides is 2. The van der Waals surface area contributed by atoms with Crippen LogP contribution in [0.3, 0.4) is 0 Å². The molecule has 2 amide bonds. The van der Waals surface area contributed by atoms with Gasteiger partial charge in [-0.2, -0.15) is 13.2 Å². The molecule has 0 bridgehead atoms. The number of alkyl halides is 3. The molecule has 1 aromatic rings. The molecule has 146 valence electrons. The molecule has 3 atom stereocenters. The van der Waals surface area contributed by atoms with Gasteiger partial charge < -0.3 is 14.5 Å². The number of likely N-dealkylation sites (tertiary alicyclic amines) is 1. The third kappa shape index (κ3) is 2.62. The maximum atomic E-state index is 12.9. The highest BCUT2D eigenvalue weighted by molar-refractivity contribution is 5.95. The van der Waals surface area contributed by atoms with Crippen LogP contribution in [0.4, 0.5) is 13.2 Å². The Morgan fingerprint density at radius 1 is 1.37 bits per heavy atom. The maximum absolute atomic E-state index is 12.9. The summed E-state index contributed by atoms with van der Waals surface area (Å²) in [5, 5.41) is 0. The van der Waals surface area contributed by atoms with Crippen LogP contribution in [0.1, 0.15) is 42.7 Å². The van der Waals surface area contributed by atoms with Crippen molar-refractivity contribution in [3.8, 4) is 0 Å². The summed E-state index contributed by atoms with van der Waals surface area (Å²) in [7, 11) is 0. The Bertz CT molecular complexity index is 780. The van der Waals surface area contributed by atoms with Gasteiger partial charge in [0.25, 0.3) is 5.91 Å². The summed E-state index contributed by atoms with van der Waals surface area (Å²) in [6, 6.07) is 1.48. The Hall–Kier alpha value is -2.16. The Kier molecular flexibility index (Phi) is 3.99. The number of halogens is 3. The Morgan fingerprint density at radius 2 is 2.11 bits per heavy atom. The second-order valence-corrected chi connectivity index (χ2v) is 7.63. The van der Waals surface area contributed by atoms with E-state index in [-0.39, 0.29) is 29.9 Å². The van der Waals surface area contributed by atoms with Crippen molar-refractivity contribution in [2.45, 2.75) is 50.7 Å². The zero-order valence-corrected chi connectivity index (χ0v) is 15.0. The van der Waals surface area contributed by atoms with Gasteiger partial charge in [-0.1, -0.05) is 13.8 Å². The number of hydrogen-bond acceptors (Lipinski definition) is 4. The fourth-order valence-corrected chi connectivity index (χ4v) is 4.47. The van der Waals surface area contributed by atoms with E-state index in [1.54, 1.807) is 9.80 Å². The number of nitrogens with zero attached hydrogens (tertiary/aromatic N) is 3. The van der Waals surface area contributed by atoms with E-state index in [2.05, 4.69) is 4.98 Å². The van der Waals surface area contributed by atoms with Crippen LogP contribution in [-0.4, -0.2) is 57.6 Å². The van der Waals surface area contributed by atoms with Crippen molar-refractivity contribution in [3.63, 3.8) is 0 Å². The molecule has 3 saturated heterocycles. The van der Waals surface area contributed by atoms with Crippen LogP contribution >= 0.6 is 0 Å². The minimum atomic E-state index is -4.55. The Labute approximate surface area is 154 Å². The molecule has 6 nitrogen and oxygen atoms in total. The molecular weight excluding hydrogens is 363 g/mol. The van der Waals surface area contributed by atoms with Crippen LogP contribution in [0.25, 0.3) is 0 Å². The number of hydrogen-bond donors (Lipinski definition) is 0. The quantitative estimate of drug-likeness (QED) is 0.786. The van der Waals surface area contributed by atoms with Crippen molar-refractivity contribution in [3.05, 3.63) is 29.6 Å². The highest BCUT2D eigenvalue weighted by Gasteiger charge is 2.65. The SMILES string of the molecule is CC(C)[C@@H]1CO[C@@]23CCN(C(=O)c4ccc(C(F)(F)F)nc4)[C@@H]2CC(=O)N13. The van der Waals surface area contributed by atoms with E-state index >= 15 is 0 Å². The highest BCUT2D eigenvalue weighted by Crippen LogP contribution is 2.49. The van der Waals surface area contributed by atoms with Crippen LogP contribution < -0.4 is 0 Å². The third-order valence-corrected chi connectivity index (χ3v) is 5.82. The minimum Gasteiger partial charge on any atom is -0.351 e. The molecule has 3 aliphatic rings. The first kappa shape index (κ1) is 18.2. The van der Waals surface area contributed by atoms with E-state index in [1.165, 1.54) is 0 Å². The van der Waals surface area contributed by atoms with Crippen molar-refractivity contribution < 1.29 is 27.5 Å². The van der Waals surface area contributed by atoms with E-state index in [1.807, 2.05) is 13.8 Å². The second-order valence-electron chi connectivity index (χ2n) is 7.63. The summed E-state index contributed by atoms with van der Waals surface area (Å²) in [6.07, 6.45) is -2.94. The van der Waals surface area contributed by atoms with Gasteiger partial charge in [0.2, 0.25) is 5.91 Å². The second kappa shape index (κ2) is 5.92. The Morgan fingerprint density at radius 3 is 2.70 bits per heavy atom. The van der Waals surface area contributed by atoms with Crippen molar-refractivity contribution in [1.29, 1.82) is 0 Å². The topological polar surface area (TPSA) is 62.7 Å². The summed E-state index contributed by atoms with van der Waals surface area (Å²) in [4.78, 5) is 32.2. The lowest BCUT2D eigenvalue weighted by molar-refractivity contribution is -0.141. The zero-order valence-electron chi connectivity index (χ0n) is 15.0. The van der Waals surface area contributed by atoms with E-state index < -0.39 is 29.5 Å². The average molecular weight is 383 g/mol. The number of aromatic nitrogens is 1. The normalized spacial score (nSPS) is 30.2. The molecule has 0 aliphatic carbocycles. The van der Waals surface area contributed by atoms with Crippen molar-refractivity contribution in [2.24, 2.45) is 5.92 Å². The third-order valence-electron chi connectivity index (χ3n) is 5.82. The van der Waals surface area contributed by atoms with Crippen molar-refractivity contribution >= 4 is 11.8 Å². The zero-order chi connectivity index (χ0) is 19.6. The predicted molar refractivity (Wildman–Crippen MR) is 87.5 cm³/mol. The number of carbonyl (C=O) groups is 2. The van der Waals surface area contributed by atoms with Gasteiger partial charge in [-0.25, -0.2) is 0 Å². The molecule has 3 fully saturated rings. The molecule has 1 spiro atoms. The molecule has 0 aromatic carbocycles. The van der Waals surface area contributed by atoms with E-state index in [9.17, 15) is 22.8 Å². The number of ether oxygens (including phenoxy) is 1. The van der Waals surface area contributed by atoms with Gasteiger partial charge in [-0.05, 0) is 18.1 Å². The summed E-state index contributed by atoms with van der Waals surface area (Å²) < 4.78 is 44.1. The van der Waals surface area contributed by atoms with E-state index in [0.29, 0.717) is 19.6 Å².